The average Bonchev–Trinajstić information content (AvgIpc) is 3.02. The number of rotatable bonds is 6. The van der Waals surface area contributed by atoms with E-state index in [-0.39, 0.29) is 30.3 Å². The molecule has 24 heavy (non-hydrogen) atoms. The maximum absolute atomic E-state index is 12.4. The Kier molecular flexibility index (Phi) is 4.94. The van der Waals surface area contributed by atoms with E-state index in [4.69, 9.17) is 9.47 Å². The summed E-state index contributed by atoms with van der Waals surface area (Å²) >= 11 is 0. The molecule has 128 valence electrons. The smallest absolute Gasteiger partial charge is 0.358 e. The first-order valence-electron chi connectivity index (χ1n) is 8.36. The van der Waals surface area contributed by atoms with Gasteiger partial charge in [-0.2, -0.15) is 0 Å². The van der Waals surface area contributed by atoms with Gasteiger partial charge in [0.2, 0.25) is 0 Å². The van der Waals surface area contributed by atoms with E-state index in [0.717, 1.165) is 18.4 Å². The summed E-state index contributed by atoms with van der Waals surface area (Å²) in [6.45, 7) is 6.00. The fourth-order valence-corrected chi connectivity index (χ4v) is 2.87. The van der Waals surface area contributed by atoms with Gasteiger partial charge in [-0.1, -0.05) is 35.5 Å². The standard InChI is InChI=1S/C18H23N3O3/c1-12(2)23-15-9-16(10-15)24-18(22)17-11-19-20-21(17)13(3)14-7-5-4-6-8-14/h4-8,11-13,15-16H,9-10H2,1-3H3/t13-,15-,16+/m1/s1. The number of carbonyl (C=O) groups is 1. The highest BCUT2D eigenvalue weighted by Crippen LogP contribution is 2.28. The van der Waals surface area contributed by atoms with E-state index in [0.29, 0.717) is 5.69 Å². The number of carbonyl (C=O) groups excluding carboxylic acids is 1. The molecule has 1 aromatic carbocycles. The average molecular weight is 329 g/mol. The number of aromatic nitrogens is 3. The van der Waals surface area contributed by atoms with Crippen molar-refractivity contribution in [1.29, 1.82) is 0 Å². The van der Waals surface area contributed by atoms with Crippen LogP contribution >= 0.6 is 0 Å². The number of esters is 1. The second-order valence-electron chi connectivity index (χ2n) is 6.46. The monoisotopic (exact) mass is 329 g/mol. The molecule has 0 unspecified atom stereocenters. The van der Waals surface area contributed by atoms with Gasteiger partial charge in [0.1, 0.15) is 6.10 Å². The molecule has 2 aromatic rings. The summed E-state index contributed by atoms with van der Waals surface area (Å²) in [6.07, 6.45) is 3.26. The fraction of sp³-hybridized carbons (Fsp3) is 0.500. The Bertz CT molecular complexity index is 678. The lowest BCUT2D eigenvalue weighted by Gasteiger charge is -2.35. The lowest BCUT2D eigenvalue weighted by atomic mass is 9.92. The van der Waals surface area contributed by atoms with Crippen molar-refractivity contribution < 1.29 is 14.3 Å². The molecular formula is C18H23N3O3. The zero-order chi connectivity index (χ0) is 17.1. The summed E-state index contributed by atoms with van der Waals surface area (Å²) in [5.41, 5.74) is 1.44. The molecule has 0 amide bonds. The Morgan fingerprint density at radius 2 is 1.88 bits per heavy atom. The van der Waals surface area contributed by atoms with Gasteiger partial charge in [-0.05, 0) is 26.3 Å². The van der Waals surface area contributed by atoms with E-state index in [1.807, 2.05) is 51.1 Å². The molecule has 1 fully saturated rings. The molecule has 1 aromatic heterocycles. The number of benzene rings is 1. The van der Waals surface area contributed by atoms with Crippen LogP contribution in [0.4, 0.5) is 0 Å². The highest BCUT2D eigenvalue weighted by molar-refractivity contribution is 5.87. The van der Waals surface area contributed by atoms with Crippen LogP contribution < -0.4 is 0 Å². The first kappa shape index (κ1) is 16.6. The summed E-state index contributed by atoms with van der Waals surface area (Å²) < 4.78 is 12.8. The third-order valence-electron chi connectivity index (χ3n) is 4.22. The van der Waals surface area contributed by atoms with E-state index in [1.54, 1.807) is 4.68 Å². The summed E-state index contributed by atoms with van der Waals surface area (Å²) in [6, 6.07) is 9.80. The molecular weight excluding hydrogens is 306 g/mol. The van der Waals surface area contributed by atoms with E-state index < -0.39 is 0 Å². The Morgan fingerprint density at radius 3 is 2.54 bits per heavy atom. The van der Waals surface area contributed by atoms with Crippen LogP contribution in [0.25, 0.3) is 0 Å². The second-order valence-corrected chi connectivity index (χ2v) is 6.46. The molecule has 1 heterocycles. The number of ether oxygens (including phenoxy) is 2. The van der Waals surface area contributed by atoms with Crippen molar-refractivity contribution in [3.05, 3.63) is 47.8 Å². The van der Waals surface area contributed by atoms with Crippen LogP contribution in [-0.2, 0) is 9.47 Å². The molecule has 0 bridgehead atoms. The molecule has 3 rings (SSSR count). The summed E-state index contributed by atoms with van der Waals surface area (Å²) in [5, 5.41) is 7.94. The SMILES string of the molecule is CC(C)O[C@H]1C[C@@H](OC(=O)c2cnnn2[C@H](C)c2ccccc2)C1. The molecule has 1 aliphatic carbocycles. The van der Waals surface area contributed by atoms with Crippen LogP contribution in [0.3, 0.4) is 0 Å². The molecule has 1 aliphatic rings. The van der Waals surface area contributed by atoms with Gasteiger partial charge in [-0.15, -0.1) is 5.10 Å². The minimum atomic E-state index is -0.379. The summed E-state index contributed by atoms with van der Waals surface area (Å²) in [7, 11) is 0. The largest absolute Gasteiger partial charge is 0.457 e. The number of nitrogens with zero attached hydrogens (tertiary/aromatic N) is 3. The minimum absolute atomic E-state index is 0.0865. The van der Waals surface area contributed by atoms with Crippen molar-refractivity contribution in [2.45, 2.75) is 58.0 Å². The first-order chi connectivity index (χ1) is 11.5. The maximum Gasteiger partial charge on any atom is 0.358 e. The maximum atomic E-state index is 12.4. The third kappa shape index (κ3) is 3.64. The van der Waals surface area contributed by atoms with Crippen molar-refractivity contribution in [2.24, 2.45) is 0 Å². The zero-order valence-electron chi connectivity index (χ0n) is 14.3. The minimum Gasteiger partial charge on any atom is -0.457 e. The van der Waals surface area contributed by atoms with Crippen LogP contribution in [-0.4, -0.2) is 39.3 Å². The van der Waals surface area contributed by atoms with Crippen molar-refractivity contribution >= 4 is 5.97 Å². The molecule has 0 spiro atoms. The predicted octanol–water partition coefficient (Wildman–Crippen LogP) is 3.00. The van der Waals surface area contributed by atoms with E-state index in [1.165, 1.54) is 6.20 Å². The molecule has 1 saturated carbocycles. The molecule has 1 atom stereocenters. The fourth-order valence-electron chi connectivity index (χ4n) is 2.87. The van der Waals surface area contributed by atoms with Gasteiger partial charge in [-0.3, -0.25) is 0 Å². The lowest BCUT2D eigenvalue weighted by Crippen LogP contribution is -2.40. The predicted molar refractivity (Wildman–Crippen MR) is 88.7 cm³/mol. The molecule has 6 nitrogen and oxygen atoms in total. The van der Waals surface area contributed by atoms with Gasteiger partial charge in [-0.25, -0.2) is 9.48 Å². The zero-order valence-corrected chi connectivity index (χ0v) is 14.3. The van der Waals surface area contributed by atoms with Gasteiger partial charge < -0.3 is 9.47 Å². The molecule has 0 N–H and O–H groups in total. The molecule has 0 saturated heterocycles. The van der Waals surface area contributed by atoms with E-state index >= 15 is 0 Å². The van der Waals surface area contributed by atoms with E-state index in [9.17, 15) is 4.79 Å². The highest BCUT2D eigenvalue weighted by Gasteiger charge is 2.34. The molecule has 0 aliphatic heterocycles. The highest BCUT2D eigenvalue weighted by atomic mass is 16.6. The van der Waals surface area contributed by atoms with Crippen LogP contribution in [0.1, 0.15) is 55.7 Å². The van der Waals surface area contributed by atoms with Gasteiger partial charge in [0, 0.05) is 12.8 Å². The normalized spacial score (nSPS) is 21.3. The number of hydrogen-bond donors (Lipinski definition) is 0. The quantitative estimate of drug-likeness (QED) is 0.762. The first-order valence-corrected chi connectivity index (χ1v) is 8.36. The second kappa shape index (κ2) is 7.13. The summed E-state index contributed by atoms with van der Waals surface area (Å²) in [5.74, 6) is -0.379. The van der Waals surface area contributed by atoms with E-state index in [2.05, 4.69) is 10.3 Å². The Hall–Kier alpha value is -2.21. The van der Waals surface area contributed by atoms with Crippen LogP contribution in [0.5, 0.6) is 0 Å². The Balaban J connectivity index is 1.62. The van der Waals surface area contributed by atoms with Gasteiger partial charge in [0.05, 0.1) is 24.4 Å². The van der Waals surface area contributed by atoms with Gasteiger partial charge >= 0.3 is 5.97 Å². The van der Waals surface area contributed by atoms with Gasteiger partial charge in [0.15, 0.2) is 5.69 Å². The van der Waals surface area contributed by atoms with Crippen molar-refractivity contribution in [2.75, 3.05) is 0 Å². The Morgan fingerprint density at radius 1 is 1.17 bits per heavy atom. The Labute approximate surface area is 141 Å². The summed E-state index contributed by atoms with van der Waals surface area (Å²) in [4.78, 5) is 12.4. The van der Waals surface area contributed by atoms with Crippen LogP contribution in [0, 0.1) is 0 Å². The molecule has 6 heteroatoms. The van der Waals surface area contributed by atoms with Gasteiger partial charge in [0.25, 0.3) is 0 Å². The molecule has 0 radical (unpaired) electrons. The van der Waals surface area contributed by atoms with Crippen LogP contribution in [0.2, 0.25) is 0 Å². The van der Waals surface area contributed by atoms with Crippen molar-refractivity contribution in [3.8, 4) is 0 Å². The third-order valence-corrected chi connectivity index (χ3v) is 4.22. The van der Waals surface area contributed by atoms with Crippen LogP contribution in [0.15, 0.2) is 36.5 Å². The van der Waals surface area contributed by atoms with Crippen molar-refractivity contribution in [1.82, 2.24) is 15.0 Å². The number of hydrogen-bond acceptors (Lipinski definition) is 5. The lowest BCUT2D eigenvalue weighted by molar-refractivity contribution is -0.0995. The van der Waals surface area contributed by atoms with Crippen molar-refractivity contribution in [3.63, 3.8) is 0 Å². The topological polar surface area (TPSA) is 66.2 Å².